The van der Waals surface area contributed by atoms with Crippen molar-refractivity contribution < 1.29 is 41.4 Å². The molecule has 0 saturated heterocycles. The number of amides is 2. The lowest BCUT2D eigenvalue weighted by molar-refractivity contribution is -0.130. The molecule has 0 atom stereocenters. The molecule has 0 aliphatic carbocycles. The van der Waals surface area contributed by atoms with Crippen LogP contribution in [0, 0.1) is 17.7 Å². The molecule has 0 spiro atoms. The molecular formula is C28H19F5N6O4. The van der Waals surface area contributed by atoms with Crippen molar-refractivity contribution in [2.75, 3.05) is 17.6 Å². The highest BCUT2D eigenvalue weighted by Crippen LogP contribution is 2.43. The zero-order chi connectivity index (χ0) is 31.6. The quantitative estimate of drug-likeness (QED) is 0.148. The van der Waals surface area contributed by atoms with Crippen LogP contribution in [0.5, 0.6) is 0 Å². The maximum absolute atomic E-state index is 15.2. The fraction of sp³-hybridized carbons (Fsp3) is 0.107. The highest BCUT2D eigenvalue weighted by atomic mass is 19.4. The smallest absolute Gasteiger partial charge is 0.405 e. The molecule has 4 rings (SSSR count). The molecule has 0 radical (unpaired) electrons. The number of hydrogen-bond donors (Lipinski definition) is 4. The van der Waals surface area contributed by atoms with Gasteiger partial charge in [0.25, 0.3) is 11.8 Å². The Bertz CT molecular complexity index is 1870. The lowest BCUT2D eigenvalue weighted by Gasteiger charge is -2.12. The Labute approximate surface area is 239 Å². The number of carbonyl (C=O) groups excluding carboxylic acids is 2. The van der Waals surface area contributed by atoms with Crippen LogP contribution < -0.4 is 16.4 Å². The fourth-order valence-electron chi connectivity index (χ4n) is 4.26. The predicted molar refractivity (Wildman–Crippen MR) is 146 cm³/mol. The molecule has 0 aliphatic heterocycles. The normalized spacial score (nSPS) is 11.0. The van der Waals surface area contributed by atoms with Gasteiger partial charge in [0.05, 0.1) is 22.2 Å². The number of carbonyl (C=O) groups is 3. The number of aliphatic carboxylic acids is 1. The summed E-state index contributed by atoms with van der Waals surface area (Å²) < 4.78 is 67.5. The van der Waals surface area contributed by atoms with Crippen molar-refractivity contribution in [2.24, 2.45) is 7.05 Å². The first-order chi connectivity index (χ1) is 20.2. The van der Waals surface area contributed by atoms with Gasteiger partial charge in [-0.15, -0.1) is 0 Å². The van der Waals surface area contributed by atoms with Crippen molar-refractivity contribution in [3.63, 3.8) is 0 Å². The fourth-order valence-corrected chi connectivity index (χ4v) is 4.26. The Morgan fingerprint density at radius 2 is 1.79 bits per heavy atom. The van der Waals surface area contributed by atoms with Crippen LogP contribution >= 0.6 is 0 Å². The van der Waals surface area contributed by atoms with Crippen molar-refractivity contribution in [1.82, 2.24) is 19.9 Å². The molecule has 0 saturated carbocycles. The van der Waals surface area contributed by atoms with E-state index in [-0.39, 0.29) is 33.6 Å². The summed E-state index contributed by atoms with van der Waals surface area (Å²) in [5.74, 6) is -1.89. The summed E-state index contributed by atoms with van der Waals surface area (Å²) in [7, 11) is 1.58. The molecule has 0 aliphatic rings. The van der Waals surface area contributed by atoms with Gasteiger partial charge in [0.1, 0.15) is 12.4 Å². The van der Waals surface area contributed by atoms with Gasteiger partial charge < -0.3 is 26.0 Å². The van der Waals surface area contributed by atoms with E-state index < -0.39 is 47.8 Å². The number of rotatable bonds is 6. The molecule has 10 nitrogen and oxygen atoms in total. The monoisotopic (exact) mass is 598 g/mol. The van der Waals surface area contributed by atoms with Gasteiger partial charge in [-0.05, 0) is 23.8 Å². The number of nitrogens with two attached hydrogens (primary N) is 1. The number of carboxylic acids is 1. The highest BCUT2D eigenvalue weighted by molar-refractivity contribution is 6.11. The molecule has 220 valence electrons. The third kappa shape index (κ3) is 6.43. The van der Waals surface area contributed by atoms with E-state index >= 15 is 4.39 Å². The lowest BCUT2D eigenvalue weighted by atomic mass is 9.98. The van der Waals surface area contributed by atoms with Gasteiger partial charge in [0.2, 0.25) is 0 Å². The van der Waals surface area contributed by atoms with Gasteiger partial charge in [0, 0.05) is 42.2 Å². The van der Waals surface area contributed by atoms with Crippen LogP contribution in [0.4, 0.5) is 33.5 Å². The Hall–Kier alpha value is -5.78. The van der Waals surface area contributed by atoms with E-state index in [1.54, 1.807) is 16.9 Å². The SMILES string of the molecule is C=C(F)C(=O)Nc1ccc(-c2c(-c3cnc(C(=O)NCC(F)(F)F)c(F)c3)c3c(N)ncc(C#CC(=O)O)c3n2C)cc1. The molecule has 15 heteroatoms. The van der Waals surface area contributed by atoms with Crippen LogP contribution in [-0.2, 0) is 16.6 Å². The van der Waals surface area contributed by atoms with Gasteiger partial charge in [0.15, 0.2) is 17.3 Å². The van der Waals surface area contributed by atoms with Crippen molar-refractivity contribution >= 4 is 40.2 Å². The highest BCUT2D eigenvalue weighted by Gasteiger charge is 2.29. The second-order valence-corrected chi connectivity index (χ2v) is 8.91. The average molecular weight is 598 g/mol. The summed E-state index contributed by atoms with van der Waals surface area (Å²) in [6.07, 6.45) is -2.43. The summed E-state index contributed by atoms with van der Waals surface area (Å²) in [6.45, 7) is 1.23. The molecule has 0 unspecified atom stereocenters. The maximum Gasteiger partial charge on any atom is 0.405 e. The van der Waals surface area contributed by atoms with Crippen LogP contribution in [0.3, 0.4) is 0 Å². The van der Waals surface area contributed by atoms with E-state index in [1.807, 2.05) is 5.92 Å². The molecular weight excluding hydrogens is 579 g/mol. The van der Waals surface area contributed by atoms with E-state index in [4.69, 9.17) is 10.8 Å². The molecule has 4 aromatic rings. The molecule has 5 N–H and O–H groups in total. The van der Waals surface area contributed by atoms with Crippen molar-refractivity contribution in [1.29, 1.82) is 0 Å². The number of aromatic nitrogens is 3. The third-order valence-electron chi connectivity index (χ3n) is 6.00. The number of nitrogens with one attached hydrogen (secondary N) is 2. The number of alkyl halides is 3. The van der Waals surface area contributed by atoms with Crippen LogP contribution in [0.1, 0.15) is 16.1 Å². The number of nitrogen functional groups attached to an aromatic ring is 1. The molecule has 1 aromatic carbocycles. The van der Waals surface area contributed by atoms with E-state index in [0.29, 0.717) is 16.8 Å². The number of fused-ring (bicyclic) bond motifs is 1. The van der Waals surface area contributed by atoms with Gasteiger partial charge in [-0.3, -0.25) is 9.59 Å². The zero-order valence-electron chi connectivity index (χ0n) is 21.9. The number of carboxylic acid groups (broad SMARTS) is 1. The predicted octanol–water partition coefficient (Wildman–Crippen LogP) is 4.17. The number of benzene rings is 1. The Balaban J connectivity index is 1.94. The second kappa shape index (κ2) is 11.6. The molecule has 2 amide bonds. The van der Waals surface area contributed by atoms with Crippen LogP contribution in [-0.4, -0.2) is 50.1 Å². The van der Waals surface area contributed by atoms with E-state index in [9.17, 15) is 31.9 Å². The molecule has 3 aromatic heterocycles. The number of hydrogen-bond acceptors (Lipinski definition) is 6. The topological polar surface area (TPSA) is 152 Å². The van der Waals surface area contributed by atoms with Gasteiger partial charge >= 0.3 is 12.1 Å². The summed E-state index contributed by atoms with van der Waals surface area (Å²) >= 11 is 0. The van der Waals surface area contributed by atoms with Gasteiger partial charge in [-0.25, -0.2) is 23.5 Å². The number of aryl methyl sites for hydroxylation is 1. The Morgan fingerprint density at radius 3 is 2.37 bits per heavy atom. The number of halogens is 5. The average Bonchev–Trinajstić information content (AvgIpc) is 3.25. The third-order valence-corrected chi connectivity index (χ3v) is 6.00. The lowest BCUT2D eigenvalue weighted by Crippen LogP contribution is -2.34. The summed E-state index contributed by atoms with van der Waals surface area (Å²) in [6, 6.07) is 6.82. The summed E-state index contributed by atoms with van der Waals surface area (Å²) in [4.78, 5) is 42.8. The van der Waals surface area contributed by atoms with Crippen molar-refractivity contribution in [2.45, 2.75) is 6.18 Å². The van der Waals surface area contributed by atoms with Gasteiger partial charge in [-0.1, -0.05) is 24.6 Å². The molecule has 0 fully saturated rings. The second-order valence-electron chi connectivity index (χ2n) is 8.91. The largest absolute Gasteiger partial charge is 0.472 e. The van der Waals surface area contributed by atoms with Crippen molar-refractivity contribution in [3.05, 3.63) is 72.2 Å². The van der Waals surface area contributed by atoms with Crippen LogP contribution in [0.25, 0.3) is 33.3 Å². The van der Waals surface area contributed by atoms with E-state index in [0.717, 1.165) is 12.3 Å². The van der Waals surface area contributed by atoms with Crippen LogP contribution in [0.15, 0.2) is 55.1 Å². The summed E-state index contributed by atoms with van der Waals surface area (Å²) in [5.41, 5.74) is 7.01. The zero-order valence-corrected chi connectivity index (χ0v) is 21.9. The van der Waals surface area contributed by atoms with Gasteiger partial charge in [-0.2, -0.15) is 13.2 Å². The number of anilines is 2. The van der Waals surface area contributed by atoms with E-state index in [1.165, 1.54) is 30.5 Å². The Morgan fingerprint density at radius 1 is 1.12 bits per heavy atom. The standard InChI is InChI=1S/C28H19F5N6O4/c1-13(29)26(42)38-17-6-3-14(4-7-17)23-20(16-9-18(30)22(35-11-16)27(43)37-12-28(31,32)33)21-24(39(23)2)15(5-8-19(40)41)10-36-25(21)34/h3-4,6-7,9-11H,1,12H2,2H3,(H2,34,36)(H,37,43)(H,38,42)(H,40,41). The first-order valence-corrected chi connectivity index (χ1v) is 12.0. The molecule has 43 heavy (non-hydrogen) atoms. The molecule has 0 bridgehead atoms. The first kappa shape index (κ1) is 30.2. The van der Waals surface area contributed by atoms with Crippen molar-refractivity contribution in [3.8, 4) is 34.2 Å². The van der Waals surface area contributed by atoms with Crippen LogP contribution in [0.2, 0.25) is 0 Å². The number of pyridine rings is 2. The minimum Gasteiger partial charge on any atom is -0.472 e. The maximum atomic E-state index is 15.2. The minimum absolute atomic E-state index is 0.0356. The Kier molecular flexibility index (Phi) is 8.15. The number of nitrogens with zero attached hydrogens (tertiary/aromatic N) is 3. The van der Waals surface area contributed by atoms with E-state index in [2.05, 4.69) is 27.8 Å². The summed E-state index contributed by atoms with van der Waals surface area (Å²) in [5, 5.41) is 13.1. The minimum atomic E-state index is -4.73. The molecule has 3 heterocycles. The first-order valence-electron chi connectivity index (χ1n) is 12.0.